The van der Waals surface area contributed by atoms with Crippen LogP contribution >= 0.6 is 11.6 Å². The van der Waals surface area contributed by atoms with E-state index in [1.54, 1.807) is 30.3 Å². The van der Waals surface area contributed by atoms with Gasteiger partial charge >= 0.3 is 0 Å². The summed E-state index contributed by atoms with van der Waals surface area (Å²) in [5, 5.41) is 5.57. The Morgan fingerprint density at radius 1 is 1.21 bits per heavy atom. The van der Waals surface area contributed by atoms with E-state index in [9.17, 15) is 9.59 Å². The Balaban J connectivity index is 2.22. The molecule has 0 aliphatic heterocycles. The van der Waals surface area contributed by atoms with Gasteiger partial charge in [-0.05, 0) is 24.3 Å². The molecule has 0 spiro atoms. The van der Waals surface area contributed by atoms with Gasteiger partial charge in [-0.2, -0.15) is 0 Å². The molecule has 0 bridgehead atoms. The molecule has 2 N–H and O–H groups in total. The summed E-state index contributed by atoms with van der Waals surface area (Å²) in [6.45, 7) is 3.59. The molecule has 0 aromatic heterocycles. The summed E-state index contributed by atoms with van der Waals surface area (Å²) in [6.07, 6.45) is 1.56. The first-order valence-corrected chi connectivity index (χ1v) is 6.02. The van der Waals surface area contributed by atoms with Crippen molar-refractivity contribution < 1.29 is 14.3 Å². The number of carbonyl (C=O) groups excluding carboxylic acids is 2. The highest BCUT2D eigenvalue weighted by Crippen LogP contribution is 2.15. The lowest BCUT2D eigenvalue weighted by molar-refractivity contribution is -0.127. The number of carbonyl (C=O) groups is 2. The molecule has 0 saturated carbocycles. The third-order valence-electron chi connectivity index (χ3n) is 2.07. The summed E-state index contributed by atoms with van der Waals surface area (Å²) < 4.78 is 5.22. The maximum absolute atomic E-state index is 11.4. The van der Waals surface area contributed by atoms with Gasteiger partial charge < -0.3 is 15.4 Å². The molecule has 0 heterocycles. The number of ether oxygens (including phenoxy) is 1. The molecule has 0 saturated heterocycles. The van der Waals surface area contributed by atoms with Crippen LogP contribution in [0.1, 0.15) is 0 Å². The predicted molar refractivity (Wildman–Crippen MR) is 73.2 cm³/mol. The summed E-state index contributed by atoms with van der Waals surface area (Å²) >= 11 is 5.71. The SMILES string of the molecule is C=CCNC(=O)CNC(=O)COc1ccc(Cl)cc1. The molecule has 5 nitrogen and oxygen atoms in total. The molecular formula is C13H15ClN2O3. The highest BCUT2D eigenvalue weighted by atomic mass is 35.5. The van der Waals surface area contributed by atoms with Crippen LogP contribution in [0.25, 0.3) is 0 Å². The molecule has 6 heteroatoms. The van der Waals surface area contributed by atoms with E-state index in [1.807, 2.05) is 0 Å². The van der Waals surface area contributed by atoms with Crippen LogP contribution in [0.15, 0.2) is 36.9 Å². The van der Waals surface area contributed by atoms with Crippen molar-refractivity contribution in [1.82, 2.24) is 10.6 Å². The Morgan fingerprint density at radius 2 is 1.89 bits per heavy atom. The van der Waals surface area contributed by atoms with E-state index in [1.165, 1.54) is 0 Å². The zero-order valence-corrected chi connectivity index (χ0v) is 11.1. The largest absolute Gasteiger partial charge is 0.484 e. The fourth-order valence-corrected chi connectivity index (χ4v) is 1.28. The van der Waals surface area contributed by atoms with Gasteiger partial charge in [-0.1, -0.05) is 17.7 Å². The van der Waals surface area contributed by atoms with Gasteiger partial charge in [-0.15, -0.1) is 6.58 Å². The second-order valence-corrected chi connectivity index (χ2v) is 4.05. The second-order valence-electron chi connectivity index (χ2n) is 3.61. The van der Waals surface area contributed by atoms with E-state index in [0.29, 0.717) is 17.3 Å². The van der Waals surface area contributed by atoms with E-state index < -0.39 is 0 Å². The Hall–Kier alpha value is -2.01. The second kappa shape index (κ2) is 8.16. The maximum Gasteiger partial charge on any atom is 0.258 e. The molecule has 19 heavy (non-hydrogen) atoms. The van der Waals surface area contributed by atoms with Crippen molar-refractivity contribution in [2.75, 3.05) is 19.7 Å². The fourth-order valence-electron chi connectivity index (χ4n) is 1.16. The average Bonchev–Trinajstić information content (AvgIpc) is 2.42. The summed E-state index contributed by atoms with van der Waals surface area (Å²) in [6, 6.07) is 6.65. The summed E-state index contributed by atoms with van der Waals surface area (Å²) in [5.41, 5.74) is 0. The lowest BCUT2D eigenvalue weighted by Crippen LogP contribution is -2.38. The van der Waals surface area contributed by atoms with Gasteiger partial charge in [-0.3, -0.25) is 9.59 Å². The smallest absolute Gasteiger partial charge is 0.258 e. The third kappa shape index (κ3) is 6.47. The highest BCUT2D eigenvalue weighted by Gasteiger charge is 2.05. The van der Waals surface area contributed by atoms with Crippen molar-refractivity contribution in [1.29, 1.82) is 0 Å². The van der Waals surface area contributed by atoms with Gasteiger partial charge in [0.1, 0.15) is 5.75 Å². The molecule has 0 unspecified atom stereocenters. The first kappa shape index (κ1) is 15.0. The minimum Gasteiger partial charge on any atom is -0.484 e. The zero-order valence-electron chi connectivity index (χ0n) is 10.3. The topological polar surface area (TPSA) is 67.4 Å². The molecule has 0 aliphatic rings. The van der Waals surface area contributed by atoms with Gasteiger partial charge in [0.05, 0.1) is 6.54 Å². The van der Waals surface area contributed by atoms with E-state index >= 15 is 0 Å². The van der Waals surface area contributed by atoms with Crippen LogP contribution in [0.2, 0.25) is 5.02 Å². The Morgan fingerprint density at radius 3 is 2.53 bits per heavy atom. The van der Waals surface area contributed by atoms with Crippen molar-refractivity contribution in [3.63, 3.8) is 0 Å². The number of rotatable bonds is 7. The van der Waals surface area contributed by atoms with Crippen LogP contribution < -0.4 is 15.4 Å². The van der Waals surface area contributed by atoms with Gasteiger partial charge in [0.25, 0.3) is 5.91 Å². The van der Waals surface area contributed by atoms with E-state index in [4.69, 9.17) is 16.3 Å². The van der Waals surface area contributed by atoms with Crippen LogP contribution in [0.5, 0.6) is 5.75 Å². The minimum absolute atomic E-state index is 0.0867. The fraction of sp³-hybridized carbons (Fsp3) is 0.231. The van der Waals surface area contributed by atoms with Crippen LogP contribution in [-0.2, 0) is 9.59 Å². The lowest BCUT2D eigenvalue weighted by atomic mass is 10.3. The first-order valence-electron chi connectivity index (χ1n) is 5.64. The predicted octanol–water partition coefficient (Wildman–Crippen LogP) is 1.14. The third-order valence-corrected chi connectivity index (χ3v) is 2.33. The van der Waals surface area contributed by atoms with Gasteiger partial charge in [0, 0.05) is 11.6 Å². The number of nitrogens with one attached hydrogen (secondary N) is 2. The molecule has 1 rings (SSSR count). The van der Waals surface area contributed by atoms with E-state index in [2.05, 4.69) is 17.2 Å². The molecule has 0 fully saturated rings. The molecule has 0 aliphatic carbocycles. The molecule has 0 radical (unpaired) electrons. The average molecular weight is 283 g/mol. The highest BCUT2D eigenvalue weighted by molar-refractivity contribution is 6.30. The van der Waals surface area contributed by atoms with Crippen LogP contribution in [0, 0.1) is 0 Å². The number of benzene rings is 1. The molecular weight excluding hydrogens is 268 g/mol. The van der Waals surface area contributed by atoms with Crippen LogP contribution in [-0.4, -0.2) is 31.5 Å². The van der Waals surface area contributed by atoms with Crippen LogP contribution in [0.4, 0.5) is 0 Å². The van der Waals surface area contributed by atoms with Crippen molar-refractivity contribution in [3.05, 3.63) is 41.9 Å². The van der Waals surface area contributed by atoms with Crippen molar-refractivity contribution in [2.45, 2.75) is 0 Å². The van der Waals surface area contributed by atoms with Crippen molar-refractivity contribution >= 4 is 23.4 Å². The number of halogens is 1. The molecule has 2 amide bonds. The Bertz CT molecular complexity index is 446. The first-order chi connectivity index (χ1) is 9.11. The van der Waals surface area contributed by atoms with Gasteiger partial charge in [0.2, 0.25) is 5.91 Å². The summed E-state index contributed by atoms with van der Waals surface area (Å²) in [5.74, 6) is -0.112. The quantitative estimate of drug-likeness (QED) is 0.737. The Labute approximate surface area is 116 Å². The maximum atomic E-state index is 11.4. The molecule has 0 atom stereocenters. The summed E-state index contributed by atoms with van der Waals surface area (Å²) in [4.78, 5) is 22.6. The van der Waals surface area contributed by atoms with Crippen molar-refractivity contribution in [2.24, 2.45) is 0 Å². The Kier molecular flexibility index (Phi) is 6.46. The van der Waals surface area contributed by atoms with E-state index in [0.717, 1.165) is 0 Å². The molecule has 1 aromatic rings. The number of hydrogen-bond donors (Lipinski definition) is 2. The zero-order chi connectivity index (χ0) is 14.1. The standard InChI is InChI=1S/C13H15ClN2O3/c1-2-7-15-12(17)8-16-13(18)9-19-11-5-3-10(14)4-6-11/h2-6H,1,7-9H2,(H,15,17)(H,16,18). The van der Waals surface area contributed by atoms with Crippen molar-refractivity contribution in [3.8, 4) is 5.75 Å². The summed E-state index contributed by atoms with van der Waals surface area (Å²) in [7, 11) is 0. The monoisotopic (exact) mass is 282 g/mol. The van der Waals surface area contributed by atoms with E-state index in [-0.39, 0.29) is 25.0 Å². The lowest BCUT2D eigenvalue weighted by Gasteiger charge is -2.07. The van der Waals surface area contributed by atoms with Gasteiger partial charge in [-0.25, -0.2) is 0 Å². The molecule has 1 aromatic carbocycles. The van der Waals surface area contributed by atoms with Gasteiger partial charge in [0.15, 0.2) is 6.61 Å². The normalized spacial score (nSPS) is 9.53. The minimum atomic E-state index is -0.372. The number of amides is 2. The molecule has 102 valence electrons. The van der Waals surface area contributed by atoms with Crippen LogP contribution in [0.3, 0.4) is 0 Å². The number of hydrogen-bond acceptors (Lipinski definition) is 3.